The minimum Gasteiger partial charge on any atom is -0.377 e. The van der Waals surface area contributed by atoms with Gasteiger partial charge in [0.2, 0.25) is 0 Å². The molecule has 1 saturated heterocycles. The van der Waals surface area contributed by atoms with Crippen LogP contribution in [0.5, 0.6) is 0 Å². The van der Waals surface area contributed by atoms with E-state index in [1.807, 2.05) is 20.2 Å². The van der Waals surface area contributed by atoms with Crippen LogP contribution in [0.3, 0.4) is 0 Å². The zero-order valence-corrected chi connectivity index (χ0v) is 15.9. The molecule has 0 amide bonds. The predicted octanol–water partition coefficient (Wildman–Crippen LogP) is 3.54. The first-order valence-electron chi connectivity index (χ1n) is 8.99. The molecule has 1 aromatic rings. The summed E-state index contributed by atoms with van der Waals surface area (Å²) in [5.74, 6) is 1.47. The molecule has 2 rings (SSSR count). The van der Waals surface area contributed by atoms with Crippen LogP contribution in [0.4, 0.5) is 0 Å². The van der Waals surface area contributed by atoms with Gasteiger partial charge in [-0.2, -0.15) is 0 Å². The largest absolute Gasteiger partial charge is 0.377 e. The number of nitrogens with one attached hydrogen (secondary N) is 1. The Morgan fingerprint density at radius 3 is 2.58 bits per heavy atom. The molecule has 0 aromatic heterocycles. The fourth-order valence-corrected chi connectivity index (χ4v) is 3.34. The quantitative estimate of drug-likeness (QED) is 0.677. The second-order valence-corrected chi connectivity index (χ2v) is 7.96. The summed E-state index contributed by atoms with van der Waals surface area (Å²) in [7, 11) is 4.07. The highest BCUT2D eigenvalue weighted by Gasteiger charge is 2.35. The van der Waals surface area contributed by atoms with E-state index in [1.54, 1.807) is 0 Å². The molecule has 0 radical (unpaired) electrons. The van der Waals surface area contributed by atoms with Crippen molar-refractivity contribution in [1.29, 1.82) is 0 Å². The third-order valence-corrected chi connectivity index (χ3v) is 4.50. The number of benzene rings is 1. The minimum atomic E-state index is 0.173. The normalized spacial score (nSPS) is 22.3. The van der Waals surface area contributed by atoms with Crippen LogP contribution in [-0.4, -0.2) is 44.2 Å². The first kappa shape index (κ1) is 18.8. The van der Waals surface area contributed by atoms with Crippen LogP contribution in [0.15, 0.2) is 35.3 Å². The minimum absolute atomic E-state index is 0.173. The lowest BCUT2D eigenvalue weighted by Gasteiger charge is -2.40. The van der Waals surface area contributed by atoms with E-state index in [0.29, 0.717) is 18.6 Å². The van der Waals surface area contributed by atoms with Gasteiger partial charge in [-0.15, -0.1) is 0 Å². The zero-order chi connectivity index (χ0) is 17.6. The molecular weight excluding hydrogens is 298 g/mol. The van der Waals surface area contributed by atoms with Gasteiger partial charge in [-0.05, 0) is 23.8 Å². The van der Waals surface area contributed by atoms with Crippen molar-refractivity contribution >= 4 is 5.96 Å². The monoisotopic (exact) mass is 331 g/mol. The number of hydrogen-bond acceptors (Lipinski definition) is 2. The van der Waals surface area contributed by atoms with Gasteiger partial charge in [-0.3, -0.25) is 0 Å². The first-order valence-corrected chi connectivity index (χ1v) is 8.99. The van der Waals surface area contributed by atoms with E-state index in [1.165, 1.54) is 12.0 Å². The van der Waals surface area contributed by atoms with Crippen LogP contribution in [0.1, 0.15) is 39.2 Å². The summed E-state index contributed by atoms with van der Waals surface area (Å²) in [6.07, 6.45) is 2.67. The highest BCUT2D eigenvalue weighted by molar-refractivity contribution is 5.79. The molecule has 1 heterocycles. The molecule has 1 fully saturated rings. The number of nitrogens with zero attached hydrogens (tertiary/aromatic N) is 2. The summed E-state index contributed by atoms with van der Waals surface area (Å²) < 4.78 is 6.08. The molecule has 1 aliphatic heterocycles. The maximum absolute atomic E-state index is 6.08. The second kappa shape index (κ2) is 8.52. The lowest BCUT2D eigenvalue weighted by atomic mass is 9.78. The Bertz CT molecular complexity index is 519. The Hall–Kier alpha value is -1.55. The Morgan fingerprint density at radius 1 is 1.25 bits per heavy atom. The van der Waals surface area contributed by atoms with E-state index >= 15 is 0 Å². The molecule has 1 aliphatic rings. The highest BCUT2D eigenvalue weighted by Crippen LogP contribution is 2.33. The summed E-state index contributed by atoms with van der Waals surface area (Å²) in [6.45, 7) is 9.31. The molecule has 1 aromatic carbocycles. The molecule has 134 valence electrons. The van der Waals surface area contributed by atoms with Gasteiger partial charge in [0.1, 0.15) is 0 Å². The van der Waals surface area contributed by atoms with E-state index < -0.39 is 0 Å². The molecule has 1 N–H and O–H groups in total. The smallest absolute Gasteiger partial charge is 0.193 e. The van der Waals surface area contributed by atoms with Crippen LogP contribution >= 0.6 is 0 Å². The van der Waals surface area contributed by atoms with E-state index in [-0.39, 0.29) is 5.41 Å². The maximum atomic E-state index is 6.08. The molecular formula is C20H33N3O. The third kappa shape index (κ3) is 5.52. The number of hydrogen-bond donors (Lipinski definition) is 1. The van der Waals surface area contributed by atoms with Gasteiger partial charge in [0.15, 0.2) is 5.96 Å². The van der Waals surface area contributed by atoms with Crippen molar-refractivity contribution in [2.75, 3.05) is 27.2 Å². The Balaban J connectivity index is 1.97. The van der Waals surface area contributed by atoms with Crippen LogP contribution in [0.2, 0.25) is 0 Å². The Kier molecular flexibility index (Phi) is 6.67. The van der Waals surface area contributed by atoms with Gasteiger partial charge in [0, 0.05) is 33.2 Å². The Labute approximate surface area is 147 Å². The van der Waals surface area contributed by atoms with Crippen LogP contribution in [-0.2, 0) is 11.3 Å². The van der Waals surface area contributed by atoms with Gasteiger partial charge < -0.3 is 15.0 Å². The fraction of sp³-hybridized carbons (Fsp3) is 0.650. The zero-order valence-electron chi connectivity index (χ0n) is 15.9. The van der Waals surface area contributed by atoms with E-state index in [9.17, 15) is 0 Å². The number of ether oxygens (including phenoxy) is 1. The SMILES string of the molecule is CN(C)C(=NCc1ccccc1)NCC1CCCOC1C(C)(C)C. The van der Waals surface area contributed by atoms with Crippen molar-refractivity contribution in [1.82, 2.24) is 10.2 Å². The van der Waals surface area contributed by atoms with Gasteiger partial charge in [0.05, 0.1) is 12.6 Å². The third-order valence-electron chi connectivity index (χ3n) is 4.50. The molecule has 0 spiro atoms. The Morgan fingerprint density at radius 2 is 1.96 bits per heavy atom. The molecule has 0 bridgehead atoms. The van der Waals surface area contributed by atoms with Crippen LogP contribution in [0.25, 0.3) is 0 Å². The van der Waals surface area contributed by atoms with Gasteiger partial charge >= 0.3 is 0 Å². The van der Waals surface area contributed by atoms with E-state index in [0.717, 1.165) is 25.5 Å². The molecule has 0 aliphatic carbocycles. The summed E-state index contributed by atoms with van der Waals surface area (Å²) in [6, 6.07) is 10.4. The number of rotatable bonds is 4. The van der Waals surface area contributed by atoms with Crippen molar-refractivity contribution in [3.8, 4) is 0 Å². The number of guanidine groups is 1. The summed E-state index contributed by atoms with van der Waals surface area (Å²) in [5.41, 5.74) is 1.40. The molecule has 2 atom stereocenters. The molecule has 24 heavy (non-hydrogen) atoms. The lowest BCUT2D eigenvalue weighted by molar-refractivity contribution is -0.0836. The fourth-order valence-electron chi connectivity index (χ4n) is 3.34. The standard InChI is InChI=1S/C20H33N3O/c1-20(2,3)18-17(12-9-13-24-18)15-22-19(23(4)5)21-14-16-10-7-6-8-11-16/h6-8,10-11,17-18H,9,12-15H2,1-5H3,(H,21,22). The molecule has 4 nitrogen and oxygen atoms in total. The van der Waals surface area contributed by atoms with Crippen molar-refractivity contribution in [2.45, 2.75) is 46.3 Å². The van der Waals surface area contributed by atoms with Crippen molar-refractivity contribution < 1.29 is 4.74 Å². The second-order valence-electron chi connectivity index (χ2n) is 7.96. The summed E-state index contributed by atoms with van der Waals surface area (Å²) in [4.78, 5) is 6.81. The van der Waals surface area contributed by atoms with Gasteiger partial charge in [0.25, 0.3) is 0 Å². The molecule has 0 saturated carbocycles. The number of aliphatic imine (C=N–C) groups is 1. The predicted molar refractivity (Wildman–Crippen MR) is 101 cm³/mol. The highest BCUT2D eigenvalue weighted by atomic mass is 16.5. The average Bonchev–Trinajstić information content (AvgIpc) is 2.55. The van der Waals surface area contributed by atoms with Gasteiger partial charge in [-0.25, -0.2) is 4.99 Å². The van der Waals surface area contributed by atoms with Gasteiger partial charge in [-0.1, -0.05) is 51.1 Å². The first-order chi connectivity index (χ1) is 11.4. The van der Waals surface area contributed by atoms with E-state index in [2.05, 4.69) is 55.3 Å². The summed E-state index contributed by atoms with van der Waals surface area (Å²) >= 11 is 0. The molecule has 4 heteroatoms. The van der Waals surface area contributed by atoms with Crippen molar-refractivity contribution in [3.63, 3.8) is 0 Å². The maximum Gasteiger partial charge on any atom is 0.193 e. The van der Waals surface area contributed by atoms with Crippen LogP contribution < -0.4 is 5.32 Å². The van der Waals surface area contributed by atoms with Crippen LogP contribution in [0, 0.1) is 11.3 Å². The average molecular weight is 332 g/mol. The van der Waals surface area contributed by atoms with Crippen molar-refractivity contribution in [3.05, 3.63) is 35.9 Å². The topological polar surface area (TPSA) is 36.9 Å². The summed E-state index contributed by atoms with van der Waals surface area (Å²) in [5, 5.41) is 3.56. The molecule has 2 unspecified atom stereocenters. The lowest BCUT2D eigenvalue weighted by Crippen LogP contribution is -2.47. The van der Waals surface area contributed by atoms with E-state index in [4.69, 9.17) is 9.73 Å². The van der Waals surface area contributed by atoms with Crippen molar-refractivity contribution in [2.24, 2.45) is 16.3 Å².